The van der Waals surface area contributed by atoms with Gasteiger partial charge in [-0.15, -0.1) is 0 Å². The number of carbonyl (C=O) groups excluding carboxylic acids is 1. The Balaban J connectivity index is 2.33. The Morgan fingerprint density at radius 1 is 1.38 bits per heavy atom. The lowest BCUT2D eigenvalue weighted by Crippen LogP contribution is -2.27. The van der Waals surface area contributed by atoms with Crippen molar-refractivity contribution in [1.82, 2.24) is 14.3 Å². The third-order valence-corrected chi connectivity index (χ3v) is 3.32. The molecule has 0 fully saturated rings. The molecule has 7 nitrogen and oxygen atoms in total. The molecule has 0 spiro atoms. The molecule has 0 bridgehead atoms. The van der Waals surface area contributed by atoms with Crippen LogP contribution in [0.4, 0.5) is 18.0 Å². The Morgan fingerprint density at radius 2 is 2.00 bits per heavy atom. The van der Waals surface area contributed by atoms with Gasteiger partial charge < -0.3 is 10.5 Å². The second kappa shape index (κ2) is 7.34. The van der Waals surface area contributed by atoms with Gasteiger partial charge in [-0.2, -0.15) is 5.10 Å². The van der Waals surface area contributed by atoms with E-state index >= 15 is 0 Å². The van der Waals surface area contributed by atoms with E-state index in [4.69, 9.17) is 5.73 Å². The van der Waals surface area contributed by atoms with Gasteiger partial charge in [0.2, 0.25) is 0 Å². The maximum Gasteiger partial charge on any atom is 0.404 e. The van der Waals surface area contributed by atoms with E-state index in [1.54, 1.807) is 0 Å². The number of benzene rings is 1. The minimum atomic E-state index is -1.12. The summed E-state index contributed by atoms with van der Waals surface area (Å²) in [4.78, 5) is 22.7. The molecule has 0 unspecified atom stereocenters. The van der Waals surface area contributed by atoms with Gasteiger partial charge in [-0.1, -0.05) is 15.9 Å². The van der Waals surface area contributed by atoms with E-state index in [1.807, 2.05) is 0 Å². The smallest absolute Gasteiger partial charge is 0.404 e. The highest BCUT2D eigenvalue weighted by Gasteiger charge is 2.17. The number of primary amides is 1. The quantitative estimate of drug-likeness (QED) is 0.821. The van der Waals surface area contributed by atoms with E-state index in [-0.39, 0.29) is 16.4 Å². The molecule has 0 radical (unpaired) electrons. The number of halogens is 4. The number of aromatic nitrogens is 3. The zero-order valence-electron chi connectivity index (χ0n) is 11.9. The normalized spacial score (nSPS) is 11.6. The molecule has 0 atom stereocenters. The summed E-state index contributed by atoms with van der Waals surface area (Å²) in [5, 5.41) is 3.65. The van der Waals surface area contributed by atoms with Crippen LogP contribution in [0.25, 0.3) is 5.69 Å². The Hall–Kier alpha value is -2.56. The highest BCUT2D eigenvalue weighted by molar-refractivity contribution is 9.10. The first-order valence-electron chi connectivity index (χ1n) is 6.33. The summed E-state index contributed by atoms with van der Waals surface area (Å²) in [5.41, 5.74) is 3.11. The molecule has 1 aromatic heterocycles. The van der Waals surface area contributed by atoms with Crippen molar-refractivity contribution in [2.75, 3.05) is 6.61 Å². The summed E-state index contributed by atoms with van der Waals surface area (Å²) in [6, 6.07) is 1.96. The minimum absolute atomic E-state index is 0.120. The highest BCUT2D eigenvalue weighted by Crippen LogP contribution is 2.21. The first-order valence-corrected chi connectivity index (χ1v) is 7.12. The summed E-state index contributed by atoms with van der Waals surface area (Å²) in [7, 11) is 0. The van der Waals surface area contributed by atoms with Crippen LogP contribution in [-0.4, -0.2) is 27.0 Å². The molecule has 0 aliphatic heterocycles. The standard InChI is InChI=1S/C13H10BrF3N4O3/c14-8-1-9(16)11(10(17)2-8)20-6-19-21(13(20)23)4-7(3-15)5-24-12(18)22/h1-3,6H,4-5H2,(H2,18,22)/b7-3-. The van der Waals surface area contributed by atoms with E-state index in [0.717, 1.165) is 23.1 Å². The molecule has 2 N–H and O–H groups in total. The van der Waals surface area contributed by atoms with Gasteiger partial charge in [0.05, 0.1) is 12.9 Å². The third-order valence-electron chi connectivity index (χ3n) is 2.86. The molecule has 1 heterocycles. The van der Waals surface area contributed by atoms with Gasteiger partial charge in [-0.25, -0.2) is 32.0 Å². The van der Waals surface area contributed by atoms with Crippen molar-refractivity contribution < 1.29 is 22.7 Å². The fourth-order valence-corrected chi connectivity index (χ4v) is 2.23. The molecule has 0 saturated carbocycles. The molecule has 2 rings (SSSR count). The number of nitrogens with two attached hydrogens (primary N) is 1. The van der Waals surface area contributed by atoms with Crippen molar-refractivity contribution in [3.63, 3.8) is 0 Å². The van der Waals surface area contributed by atoms with Crippen LogP contribution in [0.3, 0.4) is 0 Å². The molecule has 0 saturated heterocycles. The average Bonchev–Trinajstić information content (AvgIpc) is 2.83. The van der Waals surface area contributed by atoms with Crippen molar-refractivity contribution in [3.8, 4) is 5.69 Å². The number of amides is 1. The summed E-state index contributed by atoms with van der Waals surface area (Å²) in [6.45, 7) is -0.887. The van der Waals surface area contributed by atoms with Crippen LogP contribution in [0.15, 0.2) is 39.6 Å². The molecule has 11 heteroatoms. The Kier molecular flexibility index (Phi) is 5.44. The number of hydrogen-bond donors (Lipinski definition) is 1. The van der Waals surface area contributed by atoms with Crippen molar-refractivity contribution in [2.45, 2.75) is 6.54 Å². The lowest BCUT2D eigenvalue weighted by Gasteiger charge is -2.06. The van der Waals surface area contributed by atoms with E-state index < -0.39 is 42.3 Å². The third kappa shape index (κ3) is 3.85. The lowest BCUT2D eigenvalue weighted by atomic mass is 10.3. The van der Waals surface area contributed by atoms with Gasteiger partial charge in [-0.05, 0) is 12.1 Å². The Labute approximate surface area is 141 Å². The summed E-state index contributed by atoms with van der Waals surface area (Å²) >= 11 is 2.93. The number of hydrogen-bond acceptors (Lipinski definition) is 4. The molecule has 0 aliphatic carbocycles. The largest absolute Gasteiger partial charge is 0.445 e. The number of carbonyl (C=O) groups is 1. The fraction of sp³-hybridized carbons (Fsp3) is 0.154. The van der Waals surface area contributed by atoms with Crippen molar-refractivity contribution in [2.24, 2.45) is 5.73 Å². The highest BCUT2D eigenvalue weighted by atomic mass is 79.9. The predicted octanol–water partition coefficient (Wildman–Crippen LogP) is 2.02. The minimum Gasteiger partial charge on any atom is -0.445 e. The predicted molar refractivity (Wildman–Crippen MR) is 80.2 cm³/mol. The topological polar surface area (TPSA) is 92.1 Å². The van der Waals surface area contributed by atoms with Gasteiger partial charge in [0.15, 0.2) is 11.6 Å². The van der Waals surface area contributed by atoms with Gasteiger partial charge in [0.1, 0.15) is 18.6 Å². The van der Waals surface area contributed by atoms with E-state index in [1.165, 1.54) is 0 Å². The first-order chi connectivity index (χ1) is 11.3. The van der Waals surface area contributed by atoms with Gasteiger partial charge in [0, 0.05) is 10.0 Å². The van der Waals surface area contributed by atoms with Crippen LogP contribution in [0.1, 0.15) is 0 Å². The van der Waals surface area contributed by atoms with E-state index in [0.29, 0.717) is 4.57 Å². The number of ether oxygens (including phenoxy) is 1. The van der Waals surface area contributed by atoms with Gasteiger partial charge >= 0.3 is 11.8 Å². The van der Waals surface area contributed by atoms with E-state index in [2.05, 4.69) is 25.8 Å². The molecule has 1 aromatic carbocycles. The second-order valence-corrected chi connectivity index (χ2v) is 5.45. The molecule has 24 heavy (non-hydrogen) atoms. The molecule has 0 aliphatic rings. The number of nitrogens with zero attached hydrogens (tertiary/aromatic N) is 3. The van der Waals surface area contributed by atoms with Crippen LogP contribution in [-0.2, 0) is 11.3 Å². The summed E-state index contributed by atoms with van der Waals surface area (Å²) < 4.78 is 46.5. The van der Waals surface area contributed by atoms with Crippen LogP contribution < -0.4 is 11.4 Å². The summed E-state index contributed by atoms with van der Waals surface area (Å²) in [6.07, 6.45) is -0.108. The lowest BCUT2D eigenvalue weighted by molar-refractivity contribution is 0.164. The van der Waals surface area contributed by atoms with Crippen molar-refractivity contribution in [3.05, 3.63) is 57.0 Å². The number of rotatable bonds is 5. The van der Waals surface area contributed by atoms with Crippen LogP contribution in [0.5, 0.6) is 0 Å². The monoisotopic (exact) mass is 406 g/mol. The molecule has 2 aromatic rings. The second-order valence-electron chi connectivity index (χ2n) is 4.53. The molecule has 128 valence electrons. The maximum absolute atomic E-state index is 13.9. The molecule has 1 amide bonds. The molecular weight excluding hydrogens is 397 g/mol. The average molecular weight is 407 g/mol. The van der Waals surface area contributed by atoms with Crippen molar-refractivity contribution >= 4 is 22.0 Å². The SMILES string of the molecule is NC(=O)OC/C(=C\F)Cn1ncn(-c2c(F)cc(Br)cc2F)c1=O. The van der Waals surface area contributed by atoms with Crippen LogP contribution in [0, 0.1) is 11.6 Å². The fourth-order valence-electron chi connectivity index (χ4n) is 1.83. The van der Waals surface area contributed by atoms with Gasteiger partial charge in [0.25, 0.3) is 0 Å². The zero-order valence-corrected chi connectivity index (χ0v) is 13.5. The first kappa shape index (κ1) is 17.8. The maximum atomic E-state index is 13.9. The van der Waals surface area contributed by atoms with Gasteiger partial charge in [-0.3, -0.25) is 0 Å². The molecular formula is C13H10BrF3N4O3. The van der Waals surface area contributed by atoms with Crippen LogP contribution >= 0.6 is 15.9 Å². The van der Waals surface area contributed by atoms with Crippen LogP contribution in [0.2, 0.25) is 0 Å². The zero-order chi connectivity index (χ0) is 17.9. The summed E-state index contributed by atoms with van der Waals surface area (Å²) in [5.74, 6) is -1.97. The Morgan fingerprint density at radius 3 is 2.54 bits per heavy atom. The van der Waals surface area contributed by atoms with E-state index in [9.17, 15) is 22.8 Å². The Bertz CT molecular complexity index is 839. The van der Waals surface area contributed by atoms with Crippen molar-refractivity contribution in [1.29, 1.82) is 0 Å².